The summed E-state index contributed by atoms with van der Waals surface area (Å²) >= 11 is 12.9. The zero-order valence-corrected chi connectivity index (χ0v) is 13.2. The number of rotatable bonds is 2. The highest BCUT2D eigenvalue weighted by molar-refractivity contribution is 6.31. The summed E-state index contributed by atoms with van der Waals surface area (Å²) in [6.45, 7) is 8.36. The Morgan fingerprint density at radius 3 is 2.11 bits per heavy atom. The van der Waals surface area contributed by atoms with E-state index in [0.717, 1.165) is 16.1 Å². The van der Waals surface area contributed by atoms with Crippen LogP contribution in [0.4, 0.5) is 0 Å². The highest BCUT2D eigenvalue weighted by atomic mass is 35.5. The molecule has 0 fully saturated rings. The molecule has 2 aromatic carbocycles. The summed E-state index contributed by atoms with van der Waals surface area (Å²) in [4.78, 5) is 0. The van der Waals surface area contributed by atoms with Gasteiger partial charge in [0.2, 0.25) is 0 Å². The third-order valence-electron chi connectivity index (χ3n) is 3.57. The minimum absolute atomic E-state index is 0.153. The number of alkyl halides is 1. The van der Waals surface area contributed by atoms with Gasteiger partial charge in [-0.1, -0.05) is 41.4 Å². The molecule has 0 bridgehead atoms. The maximum atomic E-state index is 6.71. The Labute approximate surface area is 125 Å². The summed E-state index contributed by atoms with van der Waals surface area (Å²) in [5, 5.41) is 0.616. The molecule has 0 N–H and O–H groups in total. The summed E-state index contributed by atoms with van der Waals surface area (Å²) in [7, 11) is 0. The van der Waals surface area contributed by atoms with Crippen molar-refractivity contribution in [3.05, 3.63) is 68.7 Å². The maximum Gasteiger partial charge on any atom is 0.0843 e. The molecule has 0 aliphatic rings. The van der Waals surface area contributed by atoms with E-state index >= 15 is 0 Å². The van der Waals surface area contributed by atoms with E-state index in [1.54, 1.807) is 0 Å². The molecule has 0 radical (unpaired) electrons. The third kappa shape index (κ3) is 2.80. The van der Waals surface area contributed by atoms with Crippen LogP contribution in [0.5, 0.6) is 0 Å². The highest BCUT2D eigenvalue weighted by Crippen LogP contribution is 2.37. The molecule has 0 aromatic heterocycles. The summed E-state index contributed by atoms with van der Waals surface area (Å²) < 4.78 is 0. The molecular weight excluding hydrogens is 275 g/mol. The average molecular weight is 293 g/mol. The monoisotopic (exact) mass is 292 g/mol. The fraction of sp³-hybridized carbons (Fsp3) is 0.294. The van der Waals surface area contributed by atoms with Crippen molar-refractivity contribution in [3.63, 3.8) is 0 Å². The summed E-state index contributed by atoms with van der Waals surface area (Å²) in [6.07, 6.45) is 0. The largest absolute Gasteiger partial charge is 0.113 e. The second-order valence-corrected chi connectivity index (χ2v) is 5.97. The summed E-state index contributed by atoms with van der Waals surface area (Å²) in [5.41, 5.74) is 7.07. The number of halogens is 2. The van der Waals surface area contributed by atoms with Gasteiger partial charge >= 0.3 is 0 Å². The van der Waals surface area contributed by atoms with Gasteiger partial charge in [-0.2, -0.15) is 0 Å². The van der Waals surface area contributed by atoms with Crippen molar-refractivity contribution in [2.45, 2.75) is 33.1 Å². The SMILES string of the molecule is Cc1cc(C)c(C(Cl)c2cccc(Cl)c2C)c(C)c1. The Balaban J connectivity index is 2.56. The van der Waals surface area contributed by atoms with E-state index in [1.165, 1.54) is 22.3 Å². The molecule has 19 heavy (non-hydrogen) atoms. The van der Waals surface area contributed by atoms with Crippen LogP contribution in [-0.4, -0.2) is 0 Å². The summed E-state index contributed by atoms with van der Waals surface area (Å²) in [6, 6.07) is 10.3. The maximum absolute atomic E-state index is 6.71. The Kier molecular flexibility index (Phi) is 4.23. The Morgan fingerprint density at radius 1 is 0.947 bits per heavy atom. The molecule has 2 rings (SSSR count). The van der Waals surface area contributed by atoms with Gasteiger partial charge in [0.1, 0.15) is 0 Å². The van der Waals surface area contributed by atoms with Crippen molar-refractivity contribution >= 4 is 23.2 Å². The summed E-state index contributed by atoms with van der Waals surface area (Å²) in [5.74, 6) is 0. The fourth-order valence-electron chi connectivity index (χ4n) is 2.65. The van der Waals surface area contributed by atoms with E-state index in [1.807, 2.05) is 19.1 Å². The zero-order chi connectivity index (χ0) is 14.2. The Hall–Kier alpha value is -0.980. The predicted molar refractivity (Wildman–Crippen MR) is 84.5 cm³/mol. The lowest BCUT2D eigenvalue weighted by atomic mass is 9.92. The molecule has 1 atom stereocenters. The van der Waals surface area contributed by atoms with Crippen molar-refractivity contribution in [2.75, 3.05) is 0 Å². The third-order valence-corrected chi connectivity index (χ3v) is 4.44. The Morgan fingerprint density at radius 2 is 1.53 bits per heavy atom. The van der Waals surface area contributed by atoms with Crippen LogP contribution in [-0.2, 0) is 0 Å². The molecule has 0 spiro atoms. The molecule has 0 saturated carbocycles. The molecule has 100 valence electrons. The quantitative estimate of drug-likeness (QED) is 0.604. The molecule has 2 aromatic rings. The van der Waals surface area contributed by atoms with Gasteiger partial charge in [-0.25, -0.2) is 0 Å². The van der Waals surface area contributed by atoms with Gasteiger partial charge in [-0.15, -0.1) is 11.6 Å². The lowest BCUT2D eigenvalue weighted by Gasteiger charge is -2.19. The molecule has 0 aliphatic carbocycles. The minimum Gasteiger partial charge on any atom is -0.113 e. The van der Waals surface area contributed by atoms with Crippen molar-refractivity contribution in [1.29, 1.82) is 0 Å². The highest BCUT2D eigenvalue weighted by Gasteiger charge is 2.18. The van der Waals surface area contributed by atoms with Crippen LogP contribution in [0.15, 0.2) is 30.3 Å². The molecule has 1 unspecified atom stereocenters. The van der Waals surface area contributed by atoms with E-state index in [2.05, 4.69) is 39.0 Å². The molecule has 0 aliphatic heterocycles. The van der Waals surface area contributed by atoms with Crippen LogP contribution in [0.25, 0.3) is 0 Å². The fourth-order valence-corrected chi connectivity index (χ4v) is 3.41. The van der Waals surface area contributed by atoms with E-state index in [4.69, 9.17) is 23.2 Å². The zero-order valence-electron chi connectivity index (χ0n) is 11.7. The first-order valence-corrected chi connectivity index (χ1v) is 7.20. The number of hydrogen-bond acceptors (Lipinski definition) is 0. The average Bonchev–Trinajstić information content (AvgIpc) is 2.31. The van der Waals surface area contributed by atoms with Gasteiger partial charge in [0.15, 0.2) is 0 Å². The van der Waals surface area contributed by atoms with Gasteiger partial charge in [0.05, 0.1) is 5.38 Å². The first-order valence-electron chi connectivity index (χ1n) is 6.38. The van der Waals surface area contributed by atoms with Gasteiger partial charge in [0, 0.05) is 5.02 Å². The molecule has 0 amide bonds. The van der Waals surface area contributed by atoms with Crippen molar-refractivity contribution < 1.29 is 0 Å². The van der Waals surface area contributed by atoms with Crippen LogP contribution in [0.1, 0.15) is 38.8 Å². The number of aryl methyl sites for hydroxylation is 3. The van der Waals surface area contributed by atoms with Crippen LogP contribution in [0.3, 0.4) is 0 Å². The van der Waals surface area contributed by atoms with E-state index < -0.39 is 0 Å². The lowest BCUT2D eigenvalue weighted by molar-refractivity contribution is 1.06. The van der Waals surface area contributed by atoms with Crippen molar-refractivity contribution in [2.24, 2.45) is 0 Å². The standard InChI is InChI=1S/C17H18Cl2/c1-10-8-11(2)16(12(3)9-10)17(19)14-6-5-7-15(18)13(14)4/h5-9,17H,1-4H3. The lowest BCUT2D eigenvalue weighted by Crippen LogP contribution is -2.02. The predicted octanol–water partition coefficient (Wildman–Crippen LogP) is 5.90. The topological polar surface area (TPSA) is 0 Å². The van der Waals surface area contributed by atoms with Gasteiger partial charge in [-0.05, 0) is 61.6 Å². The van der Waals surface area contributed by atoms with Crippen LogP contribution < -0.4 is 0 Å². The number of benzene rings is 2. The van der Waals surface area contributed by atoms with Crippen molar-refractivity contribution in [3.8, 4) is 0 Å². The van der Waals surface area contributed by atoms with Crippen LogP contribution in [0, 0.1) is 27.7 Å². The van der Waals surface area contributed by atoms with Gasteiger partial charge in [-0.3, -0.25) is 0 Å². The molecular formula is C17H18Cl2. The molecule has 0 nitrogen and oxygen atoms in total. The van der Waals surface area contributed by atoms with Gasteiger partial charge < -0.3 is 0 Å². The smallest absolute Gasteiger partial charge is 0.0843 e. The second kappa shape index (κ2) is 5.56. The van der Waals surface area contributed by atoms with E-state index in [-0.39, 0.29) is 5.38 Å². The first kappa shape index (κ1) is 14.4. The van der Waals surface area contributed by atoms with Crippen LogP contribution in [0.2, 0.25) is 5.02 Å². The minimum atomic E-state index is -0.153. The number of hydrogen-bond donors (Lipinski definition) is 0. The van der Waals surface area contributed by atoms with E-state index in [0.29, 0.717) is 0 Å². The molecule has 0 heterocycles. The second-order valence-electron chi connectivity index (χ2n) is 5.13. The van der Waals surface area contributed by atoms with Crippen LogP contribution >= 0.6 is 23.2 Å². The molecule has 2 heteroatoms. The first-order chi connectivity index (χ1) is 8.91. The van der Waals surface area contributed by atoms with E-state index in [9.17, 15) is 0 Å². The molecule has 0 saturated heterocycles. The van der Waals surface area contributed by atoms with Gasteiger partial charge in [0.25, 0.3) is 0 Å². The Bertz CT molecular complexity index is 592. The van der Waals surface area contributed by atoms with Crippen molar-refractivity contribution in [1.82, 2.24) is 0 Å². The normalized spacial score (nSPS) is 12.5.